The predicted molar refractivity (Wildman–Crippen MR) is 68.5 cm³/mol. The molecule has 0 aliphatic heterocycles. The fourth-order valence-electron chi connectivity index (χ4n) is 1.54. The summed E-state index contributed by atoms with van der Waals surface area (Å²) in [5.74, 6) is 0.737. The fourth-order valence-corrected chi connectivity index (χ4v) is 1.54. The van der Waals surface area contributed by atoms with E-state index >= 15 is 0 Å². The van der Waals surface area contributed by atoms with Gasteiger partial charge in [0.05, 0.1) is 32.1 Å². The van der Waals surface area contributed by atoms with Crippen LogP contribution in [-0.4, -0.2) is 45.4 Å². The third kappa shape index (κ3) is 3.04. The highest BCUT2D eigenvalue weighted by Gasteiger charge is 2.15. The number of benzene rings is 1. The Kier molecular flexibility index (Phi) is 5.26. The number of hydrogen-bond acceptors (Lipinski definition) is 5. The highest BCUT2D eigenvalue weighted by atomic mass is 16.5. The second-order valence-electron chi connectivity index (χ2n) is 3.48. The van der Waals surface area contributed by atoms with Crippen LogP contribution in [0.1, 0.15) is 10.4 Å². The van der Waals surface area contributed by atoms with E-state index in [9.17, 15) is 4.79 Å². The number of rotatable bonds is 6. The molecule has 1 aromatic rings. The molecule has 1 rings (SSSR count). The van der Waals surface area contributed by atoms with Gasteiger partial charge < -0.3 is 25.2 Å². The molecule has 0 heterocycles. The lowest BCUT2D eigenvalue weighted by molar-refractivity contribution is 0.0945. The summed E-state index contributed by atoms with van der Waals surface area (Å²) in [6.45, 7) is 0.101. The molecule has 0 unspecified atom stereocenters. The standard InChI is InChI=1S/C12H18N2O4/c1-13-9-7-11(18-3)10(17-2)6-8(9)12(16)14-4-5-15/h6-7,13,15H,4-5H2,1-3H3,(H,14,16). The first kappa shape index (κ1) is 14.1. The van der Waals surface area contributed by atoms with Gasteiger partial charge in [0.25, 0.3) is 5.91 Å². The monoisotopic (exact) mass is 254 g/mol. The number of carbonyl (C=O) groups excluding carboxylic acids is 1. The zero-order valence-electron chi connectivity index (χ0n) is 10.7. The predicted octanol–water partition coefficient (Wildman–Crippen LogP) is 0.468. The normalized spacial score (nSPS) is 9.78. The number of hydrogen-bond donors (Lipinski definition) is 3. The quantitative estimate of drug-likeness (QED) is 0.687. The average Bonchev–Trinajstić information content (AvgIpc) is 2.42. The van der Waals surface area contributed by atoms with Crippen LogP contribution >= 0.6 is 0 Å². The van der Waals surface area contributed by atoms with Crippen molar-refractivity contribution in [2.45, 2.75) is 0 Å². The minimum Gasteiger partial charge on any atom is -0.493 e. The Hall–Kier alpha value is -1.95. The number of carbonyl (C=O) groups is 1. The lowest BCUT2D eigenvalue weighted by Gasteiger charge is -2.14. The van der Waals surface area contributed by atoms with Crippen molar-refractivity contribution in [1.82, 2.24) is 5.32 Å². The van der Waals surface area contributed by atoms with Gasteiger partial charge in [-0.05, 0) is 6.07 Å². The SMILES string of the molecule is CNc1cc(OC)c(OC)cc1C(=O)NCCO. The fraction of sp³-hybridized carbons (Fsp3) is 0.417. The molecule has 100 valence electrons. The van der Waals surface area contributed by atoms with Crippen LogP contribution in [-0.2, 0) is 0 Å². The van der Waals surface area contributed by atoms with Crippen LogP contribution in [0.4, 0.5) is 5.69 Å². The molecule has 0 radical (unpaired) electrons. The van der Waals surface area contributed by atoms with E-state index in [1.165, 1.54) is 14.2 Å². The van der Waals surface area contributed by atoms with Crippen molar-refractivity contribution in [2.24, 2.45) is 0 Å². The van der Waals surface area contributed by atoms with Crippen LogP contribution in [0.2, 0.25) is 0 Å². The second kappa shape index (κ2) is 6.70. The molecule has 1 amide bonds. The number of ether oxygens (including phenoxy) is 2. The third-order valence-electron chi connectivity index (χ3n) is 2.44. The molecule has 0 atom stereocenters. The average molecular weight is 254 g/mol. The Bertz CT molecular complexity index is 421. The number of aliphatic hydroxyl groups is 1. The number of aliphatic hydroxyl groups excluding tert-OH is 1. The van der Waals surface area contributed by atoms with Gasteiger partial charge in [0.2, 0.25) is 0 Å². The van der Waals surface area contributed by atoms with Gasteiger partial charge >= 0.3 is 0 Å². The first-order valence-electron chi connectivity index (χ1n) is 5.50. The third-order valence-corrected chi connectivity index (χ3v) is 2.44. The summed E-state index contributed by atoms with van der Waals surface area (Å²) >= 11 is 0. The summed E-state index contributed by atoms with van der Waals surface area (Å²) in [4.78, 5) is 11.9. The number of amides is 1. The Labute approximate surface area is 106 Å². The summed E-state index contributed by atoms with van der Waals surface area (Å²) in [7, 11) is 4.75. The van der Waals surface area contributed by atoms with Crippen LogP contribution in [0, 0.1) is 0 Å². The summed E-state index contributed by atoms with van der Waals surface area (Å²) in [6.07, 6.45) is 0. The molecule has 0 bridgehead atoms. The maximum absolute atomic E-state index is 11.9. The lowest BCUT2D eigenvalue weighted by Crippen LogP contribution is -2.27. The maximum Gasteiger partial charge on any atom is 0.253 e. The van der Waals surface area contributed by atoms with Crippen molar-refractivity contribution in [1.29, 1.82) is 0 Å². The highest BCUT2D eigenvalue weighted by Crippen LogP contribution is 2.33. The van der Waals surface area contributed by atoms with Gasteiger partial charge in [-0.15, -0.1) is 0 Å². The van der Waals surface area contributed by atoms with Gasteiger partial charge in [-0.3, -0.25) is 4.79 Å². The minimum absolute atomic E-state index is 0.103. The molecule has 18 heavy (non-hydrogen) atoms. The van der Waals surface area contributed by atoms with Crippen molar-refractivity contribution >= 4 is 11.6 Å². The Morgan fingerprint density at radius 1 is 1.28 bits per heavy atom. The molecule has 6 nitrogen and oxygen atoms in total. The van der Waals surface area contributed by atoms with Gasteiger partial charge in [0.15, 0.2) is 11.5 Å². The molecule has 0 fully saturated rings. The maximum atomic E-state index is 11.9. The minimum atomic E-state index is -0.283. The summed E-state index contributed by atoms with van der Waals surface area (Å²) in [5, 5.41) is 14.2. The molecular weight excluding hydrogens is 236 g/mol. The first-order chi connectivity index (χ1) is 8.67. The number of nitrogens with one attached hydrogen (secondary N) is 2. The Morgan fingerprint density at radius 3 is 2.39 bits per heavy atom. The van der Waals surface area contributed by atoms with E-state index in [2.05, 4.69) is 10.6 Å². The van der Waals surface area contributed by atoms with Crippen molar-refractivity contribution in [3.63, 3.8) is 0 Å². The molecular formula is C12H18N2O4. The van der Waals surface area contributed by atoms with Crippen LogP contribution in [0.25, 0.3) is 0 Å². The summed E-state index contributed by atoms with van der Waals surface area (Å²) < 4.78 is 10.3. The van der Waals surface area contributed by atoms with Crippen molar-refractivity contribution in [3.05, 3.63) is 17.7 Å². The zero-order valence-corrected chi connectivity index (χ0v) is 10.7. The van der Waals surface area contributed by atoms with Crippen LogP contribution in [0.15, 0.2) is 12.1 Å². The van der Waals surface area contributed by atoms with E-state index in [1.807, 2.05) is 0 Å². The largest absolute Gasteiger partial charge is 0.493 e. The van der Waals surface area contributed by atoms with Crippen LogP contribution in [0.3, 0.4) is 0 Å². The molecule has 0 aliphatic rings. The van der Waals surface area contributed by atoms with Crippen LogP contribution < -0.4 is 20.1 Å². The van der Waals surface area contributed by atoms with Crippen molar-refractivity contribution in [2.75, 3.05) is 39.7 Å². The Morgan fingerprint density at radius 2 is 1.89 bits per heavy atom. The smallest absolute Gasteiger partial charge is 0.253 e. The van der Waals surface area contributed by atoms with Crippen molar-refractivity contribution in [3.8, 4) is 11.5 Å². The molecule has 6 heteroatoms. The molecule has 1 aromatic carbocycles. The van der Waals surface area contributed by atoms with Crippen LogP contribution in [0.5, 0.6) is 11.5 Å². The molecule has 0 aromatic heterocycles. The number of methoxy groups -OCH3 is 2. The van der Waals surface area contributed by atoms with E-state index in [4.69, 9.17) is 14.6 Å². The van der Waals surface area contributed by atoms with E-state index < -0.39 is 0 Å². The molecule has 0 aliphatic carbocycles. The Balaban J connectivity index is 3.12. The van der Waals surface area contributed by atoms with Gasteiger partial charge in [-0.25, -0.2) is 0 Å². The van der Waals surface area contributed by atoms with E-state index in [-0.39, 0.29) is 19.1 Å². The summed E-state index contributed by atoms with van der Waals surface area (Å²) in [6, 6.07) is 3.28. The lowest BCUT2D eigenvalue weighted by atomic mass is 10.1. The first-order valence-corrected chi connectivity index (χ1v) is 5.50. The van der Waals surface area contributed by atoms with Gasteiger partial charge in [0, 0.05) is 19.7 Å². The molecule has 0 spiro atoms. The van der Waals surface area contributed by atoms with Gasteiger partial charge in [0.1, 0.15) is 0 Å². The van der Waals surface area contributed by atoms with E-state index in [1.54, 1.807) is 19.2 Å². The summed E-state index contributed by atoms with van der Waals surface area (Å²) in [5.41, 5.74) is 1.06. The second-order valence-corrected chi connectivity index (χ2v) is 3.48. The number of anilines is 1. The molecule has 0 saturated carbocycles. The van der Waals surface area contributed by atoms with Crippen molar-refractivity contribution < 1.29 is 19.4 Å². The molecule has 3 N–H and O–H groups in total. The topological polar surface area (TPSA) is 79.8 Å². The zero-order chi connectivity index (χ0) is 13.5. The van der Waals surface area contributed by atoms with Gasteiger partial charge in [-0.1, -0.05) is 0 Å². The molecule has 0 saturated heterocycles. The van der Waals surface area contributed by atoms with E-state index in [0.29, 0.717) is 22.7 Å². The van der Waals surface area contributed by atoms with E-state index in [0.717, 1.165) is 0 Å². The van der Waals surface area contributed by atoms with Gasteiger partial charge in [-0.2, -0.15) is 0 Å². The highest BCUT2D eigenvalue weighted by molar-refractivity contribution is 6.00.